The third-order valence-corrected chi connectivity index (χ3v) is 13.1. The highest BCUT2D eigenvalue weighted by atomic mass is 19.4. The predicted octanol–water partition coefficient (Wildman–Crippen LogP) is 7.99. The molecule has 0 bridgehead atoms. The van der Waals surface area contributed by atoms with Gasteiger partial charge in [0.25, 0.3) is 0 Å². The van der Waals surface area contributed by atoms with E-state index in [0.717, 1.165) is 73.1 Å². The number of aromatic hydroxyl groups is 1. The molecule has 1 heterocycles. The minimum Gasteiger partial charge on any atom is -0.508 e. The number of rotatable bonds is 28. The van der Waals surface area contributed by atoms with Crippen LogP contribution in [0, 0.1) is 0 Å². The second kappa shape index (κ2) is 27.5. The molecule has 5 aromatic carbocycles. The van der Waals surface area contributed by atoms with Crippen LogP contribution in [0.1, 0.15) is 104 Å². The molecule has 14 nitrogen and oxygen atoms in total. The standard InChI is InChI=1S/C58H66F3N7O7/c1-2-3-4-5-15-25-52(70)63-34-17-16-24-49(54(72)66-50(35-40-26-30-45(31-27-40)58(59,60)61)55(73)67-51(56(74)75)36-41-28-32-47(69)33-29-41)65-53(71)48(62)37-46-38-68(39-64-46)57(42-18-9-6-10-19-42,43-20-11-7-12-21-43)44-22-13-8-14-23-44/h6-14,18-23,26-33,38-39,48-51,69H,2-5,15-17,24-25,34-37,62H2,1H3,(H,63,70)(H,65,71)(H,66,72)(H,67,73)(H,74,75). The number of benzene rings is 5. The van der Waals surface area contributed by atoms with E-state index < -0.39 is 65.1 Å². The second-order valence-electron chi connectivity index (χ2n) is 18.7. The number of nitrogens with two attached hydrogens (primary N) is 1. The van der Waals surface area contributed by atoms with Crippen LogP contribution >= 0.6 is 0 Å². The van der Waals surface area contributed by atoms with Gasteiger partial charge in [-0.15, -0.1) is 0 Å². The van der Waals surface area contributed by atoms with Gasteiger partial charge in [-0.1, -0.05) is 148 Å². The first-order valence-electron chi connectivity index (χ1n) is 25.4. The van der Waals surface area contributed by atoms with Crippen molar-refractivity contribution in [3.8, 4) is 5.75 Å². The maximum atomic E-state index is 14.5. The van der Waals surface area contributed by atoms with Crippen molar-refractivity contribution in [2.45, 2.75) is 120 Å². The Kier molecular flexibility index (Phi) is 20.7. The maximum Gasteiger partial charge on any atom is 0.416 e. The summed E-state index contributed by atoms with van der Waals surface area (Å²) in [6.45, 7) is 2.41. The number of nitrogens with zero attached hydrogens (tertiary/aromatic N) is 2. The van der Waals surface area contributed by atoms with Gasteiger partial charge in [0.2, 0.25) is 23.6 Å². The molecule has 1 aromatic heterocycles. The molecule has 8 N–H and O–H groups in total. The number of aromatic nitrogens is 2. The lowest BCUT2D eigenvalue weighted by Gasteiger charge is -2.37. The SMILES string of the molecule is CCCCCCCC(=O)NCCCCC(NC(=O)C(N)Cc1cn(C(c2ccccc2)(c2ccccc2)c2ccccc2)cn1)C(=O)NC(Cc1ccc(C(F)(F)F)cc1)C(=O)NC(Cc1ccc(O)cc1)C(=O)O. The van der Waals surface area contributed by atoms with Crippen molar-refractivity contribution in [3.63, 3.8) is 0 Å². The molecule has 0 saturated heterocycles. The topological polar surface area (TPSA) is 218 Å². The number of nitrogens with one attached hydrogen (secondary N) is 4. The Hall–Kier alpha value is -7.79. The van der Waals surface area contributed by atoms with Crippen molar-refractivity contribution < 1.29 is 47.4 Å². The Morgan fingerprint density at radius 3 is 1.65 bits per heavy atom. The van der Waals surface area contributed by atoms with E-state index >= 15 is 0 Å². The Balaban J connectivity index is 1.24. The number of hydrogen-bond donors (Lipinski definition) is 7. The van der Waals surface area contributed by atoms with Crippen LogP contribution in [0.5, 0.6) is 5.75 Å². The molecular weight excluding hydrogens is 964 g/mol. The van der Waals surface area contributed by atoms with Crippen LogP contribution in [-0.4, -0.2) is 80.1 Å². The van der Waals surface area contributed by atoms with E-state index in [1.54, 1.807) is 6.33 Å². The Labute approximate surface area is 435 Å². The zero-order valence-corrected chi connectivity index (χ0v) is 42.0. The average Bonchev–Trinajstić information content (AvgIpc) is 3.87. The fraction of sp³-hybridized carbons (Fsp3) is 0.345. The van der Waals surface area contributed by atoms with Crippen molar-refractivity contribution in [1.82, 2.24) is 30.8 Å². The van der Waals surface area contributed by atoms with Gasteiger partial charge in [0.15, 0.2) is 0 Å². The van der Waals surface area contributed by atoms with Crippen molar-refractivity contribution in [2.24, 2.45) is 5.73 Å². The summed E-state index contributed by atoms with van der Waals surface area (Å²) in [6, 6.07) is 33.8. The lowest BCUT2D eigenvalue weighted by atomic mass is 9.77. The van der Waals surface area contributed by atoms with Crippen molar-refractivity contribution in [2.75, 3.05) is 6.54 Å². The Bertz CT molecular complexity index is 2660. The van der Waals surface area contributed by atoms with Crippen LogP contribution in [0.4, 0.5) is 13.2 Å². The van der Waals surface area contributed by atoms with Gasteiger partial charge >= 0.3 is 12.1 Å². The average molecular weight is 1030 g/mol. The quantitative estimate of drug-likeness (QED) is 0.0187. The lowest BCUT2D eigenvalue weighted by molar-refractivity contribution is -0.142. The molecule has 0 saturated carbocycles. The number of phenols is 1. The predicted molar refractivity (Wildman–Crippen MR) is 279 cm³/mol. The molecule has 4 atom stereocenters. The summed E-state index contributed by atoms with van der Waals surface area (Å²) in [4.78, 5) is 72.5. The minimum atomic E-state index is -4.65. The number of carboxylic acid groups (broad SMARTS) is 1. The van der Waals surface area contributed by atoms with Gasteiger partial charge in [0.05, 0.1) is 23.6 Å². The molecule has 6 aromatic rings. The summed E-state index contributed by atoms with van der Waals surface area (Å²) in [5.41, 5.74) is 8.79. The highest BCUT2D eigenvalue weighted by Gasteiger charge is 2.39. The van der Waals surface area contributed by atoms with Crippen LogP contribution in [0.2, 0.25) is 0 Å². The molecule has 0 radical (unpaired) electrons. The van der Waals surface area contributed by atoms with E-state index in [0.29, 0.717) is 37.1 Å². The highest BCUT2D eigenvalue weighted by Crippen LogP contribution is 2.41. The molecule has 0 aliphatic heterocycles. The Morgan fingerprint density at radius 1 is 0.600 bits per heavy atom. The van der Waals surface area contributed by atoms with Gasteiger partial charge in [-0.3, -0.25) is 19.2 Å². The Morgan fingerprint density at radius 2 is 1.11 bits per heavy atom. The molecule has 0 fully saturated rings. The summed E-state index contributed by atoms with van der Waals surface area (Å²) >= 11 is 0. The van der Waals surface area contributed by atoms with Gasteiger partial charge < -0.3 is 41.8 Å². The molecule has 0 aliphatic carbocycles. The number of carbonyl (C=O) groups is 5. The number of unbranched alkanes of at least 4 members (excludes halogenated alkanes) is 5. The fourth-order valence-corrected chi connectivity index (χ4v) is 9.07. The van der Waals surface area contributed by atoms with E-state index in [9.17, 15) is 47.4 Å². The first-order valence-corrected chi connectivity index (χ1v) is 25.4. The van der Waals surface area contributed by atoms with Crippen molar-refractivity contribution >= 4 is 29.6 Å². The number of carbonyl (C=O) groups excluding carboxylic acids is 4. The number of halogens is 3. The number of aliphatic carboxylic acids is 1. The third kappa shape index (κ3) is 16.1. The van der Waals surface area contributed by atoms with Gasteiger partial charge in [-0.25, -0.2) is 9.78 Å². The highest BCUT2D eigenvalue weighted by molar-refractivity contribution is 5.94. The van der Waals surface area contributed by atoms with Crippen LogP contribution in [0.25, 0.3) is 0 Å². The monoisotopic (exact) mass is 1030 g/mol. The van der Waals surface area contributed by atoms with Crippen molar-refractivity contribution in [3.05, 3.63) is 191 Å². The smallest absolute Gasteiger partial charge is 0.416 e. The summed E-state index contributed by atoms with van der Waals surface area (Å²) in [5.74, 6) is -4.08. The molecule has 0 spiro atoms. The summed E-state index contributed by atoms with van der Waals surface area (Å²) in [5, 5.41) is 30.6. The van der Waals surface area contributed by atoms with E-state index in [2.05, 4.69) is 28.2 Å². The molecule has 17 heteroatoms. The van der Waals surface area contributed by atoms with E-state index in [-0.39, 0.29) is 42.9 Å². The van der Waals surface area contributed by atoms with Crippen LogP contribution in [-0.2, 0) is 55.0 Å². The normalized spacial score (nSPS) is 13.2. The van der Waals surface area contributed by atoms with E-state index in [1.807, 2.05) is 102 Å². The van der Waals surface area contributed by atoms with Gasteiger partial charge in [-0.05, 0) is 77.8 Å². The van der Waals surface area contributed by atoms with Crippen LogP contribution in [0.3, 0.4) is 0 Å². The number of carboxylic acids is 1. The number of amides is 4. The number of alkyl halides is 3. The fourth-order valence-electron chi connectivity index (χ4n) is 9.07. The molecule has 6 rings (SSSR count). The molecule has 396 valence electrons. The van der Waals surface area contributed by atoms with Crippen LogP contribution < -0.4 is 27.0 Å². The molecule has 4 unspecified atom stereocenters. The first-order chi connectivity index (χ1) is 36.1. The number of hydrogen-bond acceptors (Lipinski definition) is 8. The van der Waals surface area contributed by atoms with Gasteiger partial charge in [0, 0.05) is 38.4 Å². The van der Waals surface area contributed by atoms with Gasteiger partial charge in [0.1, 0.15) is 29.4 Å². The summed E-state index contributed by atoms with van der Waals surface area (Å²) in [6.07, 6.45) is 4.35. The molecule has 0 aliphatic rings. The number of imidazole rings is 1. The lowest BCUT2D eigenvalue weighted by Crippen LogP contribution is -2.58. The largest absolute Gasteiger partial charge is 0.508 e. The number of phenolic OH excluding ortho intramolecular Hbond substituents is 1. The second-order valence-corrected chi connectivity index (χ2v) is 18.7. The van der Waals surface area contributed by atoms with Crippen LogP contribution in [0.15, 0.2) is 152 Å². The zero-order valence-electron chi connectivity index (χ0n) is 42.0. The third-order valence-electron chi connectivity index (χ3n) is 13.1. The molecule has 75 heavy (non-hydrogen) atoms. The zero-order chi connectivity index (χ0) is 53.8. The van der Waals surface area contributed by atoms with Crippen molar-refractivity contribution in [1.29, 1.82) is 0 Å². The first kappa shape index (κ1) is 56.5. The molecular formula is C58H66F3N7O7. The van der Waals surface area contributed by atoms with E-state index in [1.165, 1.54) is 24.3 Å². The molecule has 4 amide bonds. The maximum absolute atomic E-state index is 14.5. The summed E-state index contributed by atoms with van der Waals surface area (Å²) in [7, 11) is 0. The van der Waals surface area contributed by atoms with E-state index in [4.69, 9.17) is 10.7 Å². The minimum absolute atomic E-state index is 0.0206. The summed E-state index contributed by atoms with van der Waals surface area (Å²) < 4.78 is 42.6. The van der Waals surface area contributed by atoms with Gasteiger partial charge in [-0.2, -0.15) is 13.2 Å².